The van der Waals surface area contributed by atoms with Gasteiger partial charge < -0.3 is 10.3 Å². The molecular formula is C28H25N5O2. The molecule has 7 nitrogen and oxygen atoms in total. The Kier molecular flexibility index (Phi) is 5.25. The van der Waals surface area contributed by atoms with E-state index in [0.717, 1.165) is 46.1 Å². The number of carbonyl (C=O) groups is 2. The van der Waals surface area contributed by atoms with Crippen LogP contribution in [0.5, 0.6) is 0 Å². The Hall–Kier alpha value is -4.13. The van der Waals surface area contributed by atoms with Crippen molar-refractivity contribution in [2.75, 3.05) is 0 Å². The number of Topliss-reactive ketones (excluding diaryl/α,β-unsaturated/α-hetero) is 1. The van der Waals surface area contributed by atoms with E-state index in [1.807, 2.05) is 48.7 Å². The third-order valence-electron chi connectivity index (χ3n) is 7.04. The molecule has 0 atom stereocenters. The zero-order valence-corrected chi connectivity index (χ0v) is 19.3. The van der Waals surface area contributed by atoms with Crippen molar-refractivity contribution in [3.8, 4) is 11.5 Å². The largest absolute Gasteiger partial charge is 0.340 e. The first-order valence-corrected chi connectivity index (χ1v) is 12.0. The predicted molar refractivity (Wildman–Crippen MR) is 136 cm³/mol. The standard InChI is InChI=1S/C28H25N5O2/c34-25(16-21-8-5-13-29-21)28(11-3-4-12-28)33-27(35)19-9-10-22-23(15-19)32-26(31-22)24-14-18-6-1-2-7-20(18)17-30-24/h1-2,5-7,9-10,13-15,17H,3-4,8,11-12,16H2,(H,31,32)(H,33,35). The summed E-state index contributed by atoms with van der Waals surface area (Å²) >= 11 is 0. The summed E-state index contributed by atoms with van der Waals surface area (Å²) in [6.07, 6.45) is 9.72. The van der Waals surface area contributed by atoms with Crippen molar-refractivity contribution in [1.82, 2.24) is 20.3 Å². The van der Waals surface area contributed by atoms with Crippen molar-refractivity contribution < 1.29 is 9.59 Å². The number of pyridine rings is 1. The minimum absolute atomic E-state index is 0.0538. The van der Waals surface area contributed by atoms with Gasteiger partial charge in [-0.1, -0.05) is 43.2 Å². The highest BCUT2D eigenvalue weighted by atomic mass is 16.2. The number of carbonyl (C=O) groups excluding carboxylic acids is 2. The highest BCUT2D eigenvalue weighted by molar-refractivity contribution is 6.09. The van der Waals surface area contributed by atoms with Crippen LogP contribution in [0.3, 0.4) is 0 Å². The summed E-state index contributed by atoms with van der Waals surface area (Å²) in [6, 6.07) is 15.4. The molecule has 6 rings (SSSR count). The van der Waals surface area contributed by atoms with Crippen LogP contribution in [0.1, 0.15) is 48.9 Å². The Balaban J connectivity index is 1.25. The quantitative estimate of drug-likeness (QED) is 0.414. The number of nitrogens with zero attached hydrogens (tertiary/aromatic N) is 3. The van der Waals surface area contributed by atoms with Crippen molar-refractivity contribution in [2.24, 2.45) is 4.99 Å². The molecule has 0 unspecified atom stereocenters. The summed E-state index contributed by atoms with van der Waals surface area (Å²) in [5.74, 6) is 0.461. The van der Waals surface area contributed by atoms with E-state index < -0.39 is 5.54 Å². The minimum Gasteiger partial charge on any atom is -0.340 e. The second kappa shape index (κ2) is 8.58. The fourth-order valence-corrected chi connectivity index (χ4v) is 5.10. The van der Waals surface area contributed by atoms with Gasteiger partial charge in [0.05, 0.1) is 16.6 Å². The number of aliphatic imine (C=N–C) groups is 1. The van der Waals surface area contributed by atoms with Gasteiger partial charge >= 0.3 is 0 Å². The van der Waals surface area contributed by atoms with Gasteiger partial charge in [-0.3, -0.25) is 19.6 Å². The van der Waals surface area contributed by atoms with Gasteiger partial charge in [0.2, 0.25) is 0 Å². The first kappa shape index (κ1) is 21.4. The topological polar surface area (TPSA) is 100 Å². The molecule has 2 aliphatic rings. The van der Waals surface area contributed by atoms with Crippen LogP contribution in [0.2, 0.25) is 0 Å². The second-order valence-corrected chi connectivity index (χ2v) is 9.36. The highest BCUT2D eigenvalue weighted by Gasteiger charge is 2.42. The molecule has 1 saturated carbocycles. The Labute approximate surface area is 202 Å². The van der Waals surface area contributed by atoms with E-state index in [1.54, 1.807) is 18.3 Å². The van der Waals surface area contributed by atoms with Gasteiger partial charge in [-0.15, -0.1) is 0 Å². The van der Waals surface area contributed by atoms with Crippen LogP contribution >= 0.6 is 0 Å². The molecule has 174 valence electrons. The molecule has 4 aromatic rings. The first-order chi connectivity index (χ1) is 17.1. The van der Waals surface area contributed by atoms with Crippen molar-refractivity contribution in [3.05, 3.63) is 72.6 Å². The molecule has 3 heterocycles. The van der Waals surface area contributed by atoms with E-state index in [1.165, 1.54) is 0 Å². The zero-order chi connectivity index (χ0) is 23.8. The molecular weight excluding hydrogens is 438 g/mol. The SMILES string of the molecule is O=C(NC1(C(=O)CC2=NC=CC2)CCCC1)c1ccc2nc(-c3cc4ccccc4cn3)[nH]c2c1. The van der Waals surface area contributed by atoms with Gasteiger partial charge in [-0.2, -0.15) is 0 Å². The molecule has 1 fully saturated rings. The number of allylic oxidation sites excluding steroid dienone is 1. The summed E-state index contributed by atoms with van der Waals surface area (Å²) in [4.78, 5) is 43.3. The van der Waals surface area contributed by atoms with Crippen LogP contribution in [0, 0.1) is 0 Å². The number of H-pyrrole nitrogens is 1. The van der Waals surface area contributed by atoms with Gasteiger partial charge in [-0.05, 0) is 42.5 Å². The molecule has 2 aromatic heterocycles. The number of aromatic nitrogens is 3. The van der Waals surface area contributed by atoms with E-state index >= 15 is 0 Å². The molecule has 0 radical (unpaired) electrons. The maximum absolute atomic E-state index is 13.3. The number of ketones is 1. The van der Waals surface area contributed by atoms with Crippen LogP contribution < -0.4 is 5.32 Å². The summed E-state index contributed by atoms with van der Waals surface area (Å²) in [7, 11) is 0. The number of rotatable bonds is 6. The Morgan fingerprint density at radius 2 is 1.86 bits per heavy atom. The van der Waals surface area contributed by atoms with Crippen LogP contribution in [0.15, 0.2) is 72.0 Å². The maximum atomic E-state index is 13.3. The van der Waals surface area contributed by atoms with Gasteiger partial charge in [0.25, 0.3) is 5.91 Å². The van der Waals surface area contributed by atoms with E-state index in [-0.39, 0.29) is 18.1 Å². The van der Waals surface area contributed by atoms with Crippen molar-refractivity contribution >= 4 is 39.2 Å². The predicted octanol–water partition coefficient (Wildman–Crippen LogP) is 5.14. The Morgan fingerprint density at radius 3 is 2.66 bits per heavy atom. The van der Waals surface area contributed by atoms with E-state index in [4.69, 9.17) is 0 Å². The number of benzene rings is 2. The van der Waals surface area contributed by atoms with Crippen LogP contribution in [0.4, 0.5) is 0 Å². The molecule has 35 heavy (non-hydrogen) atoms. The lowest BCUT2D eigenvalue weighted by Gasteiger charge is -2.29. The second-order valence-electron chi connectivity index (χ2n) is 9.36. The van der Waals surface area contributed by atoms with Crippen LogP contribution in [0.25, 0.3) is 33.3 Å². The summed E-state index contributed by atoms with van der Waals surface area (Å²) < 4.78 is 0. The third kappa shape index (κ3) is 4.03. The monoisotopic (exact) mass is 463 g/mol. The van der Waals surface area contributed by atoms with Gasteiger partial charge in [0.1, 0.15) is 5.69 Å². The third-order valence-corrected chi connectivity index (χ3v) is 7.04. The zero-order valence-electron chi connectivity index (χ0n) is 19.3. The average Bonchev–Trinajstić information content (AvgIpc) is 3.64. The fraction of sp³-hybridized carbons (Fsp3) is 0.250. The molecule has 0 spiro atoms. The average molecular weight is 464 g/mol. The van der Waals surface area contributed by atoms with E-state index in [9.17, 15) is 9.59 Å². The number of aromatic amines is 1. The number of imidazole rings is 1. The number of amides is 1. The number of fused-ring (bicyclic) bond motifs is 2. The molecule has 7 heteroatoms. The maximum Gasteiger partial charge on any atom is 0.252 e. The van der Waals surface area contributed by atoms with Crippen molar-refractivity contribution in [3.63, 3.8) is 0 Å². The summed E-state index contributed by atoms with van der Waals surface area (Å²) in [6.45, 7) is 0. The summed E-state index contributed by atoms with van der Waals surface area (Å²) in [5, 5.41) is 5.25. The normalized spacial score (nSPS) is 16.6. The molecule has 1 aliphatic carbocycles. The molecule has 1 amide bonds. The van der Waals surface area contributed by atoms with E-state index in [2.05, 4.69) is 25.3 Å². The number of hydrogen-bond acceptors (Lipinski definition) is 5. The minimum atomic E-state index is -0.814. The van der Waals surface area contributed by atoms with E-state index in [0.29, 0.717) is 30.7 Å². The van der Waals surface area contributed by atoms with Gasteiger partial charge in [-0.25, -0.2) is 4.98 Å². The smallest absolute Gasteiger partial charge is 0.252 e. The lowest BCUT2D eigenvalue weighted by atomic mass is 9.88. The van der Waals surface area contributed by atoms with Crippen molar-refractivity contribution in [1.29, 1.82) is 0 Å². The molecule has 0 saturated heterocycles. The van der Waals surface area contributed by atoms with Gasteiger partial charge in [0, 0.05) is 41.9 Å². The molecule has 0 bridgehead atoms. The van der Waals surface area contributed by atoms with Gasteiger partial charge in [0.15, 0.2) is 11.6 Å². The fourth-order valence-electron chi connectivity index (χ4n) is 5.10. The lowest BCUT2D eigenvalue weighted by molar-refractivity contribution is -0.123. The van der Waals surface area contributed by atoms with Crippen LogP contribution in [-0.4, -0.2) is 37.9 Å². The highest BCUT2D eigenvalue weighted by Crippen LogP contribution is 2.33. The Morgan fingerprint density at radius 1 is 1.03 bits per heavy atom. The summed E-state index contributed by atoms with van der Waals surface area (Å²) in [5.41, 5.74) is 2.80. The van der Waals surface area contributed by atoms with Crippen molar-refractivity contribution in [2.45, 2.75) is 44.1 Å². The lowest BCUT2D eigenvalue weighted by Crippen LogP contribution is -2.53. The molecule has 2 N–H and O–H groups in total. The first-order valence-electron chi connectivity index (χ1n) is 12.0. The Bertz CT molecular complexity index is 1520. The molecule has 2 aromatic carbocycles. The number of nitrogens with one attached hydrogen (secondary N) is 2. The van der Waals surface area contributed by atoms with Crippen LogP contribution in [-0.2, 0) is 4.79 Å². The molecule has 1 aliphatic heterocycles. The number of hydrogen-bond donors (Lipinski definition) is 2.